The molecule has 0 spiro atoms. The molecule has 1 aromatic carbocycles. The minimum absolute atomic E-state index is 0.159. The van der Waals surface area contributed by atoms with Crippen LogP contribution in [0.25, 0.3) is 0 Å². The zero-order valence-electron chi connectivity index (χ0n) is 11.9. The third-order valence-electron chi connectivity index (χ3n) is 4.45. The summed E-state index contributed by atoms with van der Waals surface area (Å²) in [6, 6.07) is 6.54. The maximum absolute atomic E-state index is 10.5. The quantitative estimate of drug-likeness (QED) is 0.853. The predicted octanol–water partition coefficient (Wildman–Crippen LogP) is 4.03. The van der Waals surface area contributed by atoms with Crippen molar-refractivity contribution in [3.63, 3.8) is 0 Å². The molecular formula is C17H26O. The highest BCUT2D eigenvalue weighted by Gasteiger charge is 2.25. The van der Waals surface area contributed by atoms with Crippen molar-refractivity contribution in [2.24, 2.45) is 11.8 Å². The fourth-order valence-corrected chi connectivity index (χ4v) is 3.24. The Morgan fingerprint density at radius 1 is 1.28 bits per heavy atom. The van der Waals surface area contributed by atoms with Gasteiger partial charge in [-0.25, -0.2) is 0 Å². The van der Waals surface area contributed by atoms with Gasteiger partial charge in [0, 0.05) is 0 Å². The molecule has 1 aliphatic rings. The minimum atomic E-state index is -0.159. The molecule has 0 saturated heterocycles. The number of hydrogen-bond acceptors (Lipinski definition) is 1. The molecule has 100 valence electrons. The van der Waals surface area contributed by atoms with E-state index in [0.29, 0.717) is 5.92 Å². The fourth-order valence-electron chi connectivity index (χ4n) is 3.24. The van der Waals surface area contributed by atoms with Gasteiger partial charge in [-0.1, -0.05) is 43.5 Å². The Hall–Kier alpha value is -0.820. The lowest BCUT2D eigenvalue weighted by molar-refractivity contribution is 0.0719. The van der Waals surface area contributed by atoms with Gasteiger partial charge >= 0.3 is 0 Å². The van der Waals surface area contributed by atoms with Crippen LogP contribution in [0.4, 0.5) is 0 Å². The van der Waals surface area contributed by atoms with Crippen molar-refractivity contribution in [1.82, 2.24) is 0 Å². The molecule has 1 aliphatic carbocycles. The van der Waals surface area contributed by atoms with Crippen molar-refractivity contribution in [1.29, 1.82) is 0 Å². The summed E-state index contributed by atoms with van der Waals surface area (Å²) in [7, 11) is 0. The first-order valence-electron chi connectivity index (χ1n) is 7.30. The summed E-state index contributed by atoms with van der Waals surface area (Å²) in [5.41, 5.74) is 3.92. The van der Waals surface area contributed by atoms with E-state index < -0.39 is 0 Å². The van der Waals surface area contributed by atoms with Gasteiger partial charge in [-0.2, -0.15) is 0 Å². The van der Waals surface area contributed by atoms with E-state index in [1.54, 1.807) is 0 Å². The van der Waals surface area contributed by atoms with Crippen molar-refractivity contribution in [3.8, 4) is 0 Å². The van der Waals surface area contributed by atoms with Crippen molar-refractivity contribution in [2.45, 2.75) is 59.0 Å². The Kier molecular flexibility index (Phi) is 4.45. The summed E-state index contributed by atoms with van der Waals surface area (Å²) in [6.07, 6.45) is 5.70. The summed E-state index contributed by atoms with van der Waals surface area (Å²) in [5.74, 6) is 1.30. The lowest BCUT2D eigenvalue weighted by atomic mass is 9.78. The van der Waals surface area contributed by atoms with Gasteiger partial charge in [-0.05, 0) is 56.1 Å². The van der Waals surface area contributed by atoms with Crippen molar-refractivity contribution >= 4 is 0 Å². The Labute approximate surface area is 111 Å². The van der Waals surface area contributed by atoms with E-state index in [-0.39, 0.29) is 6.10 Å². The third-order valence-corrected chi connectivity index (χ3v) is 4.45. The third kappa shape index (κ3) is 3.35. The van der Waals surface area contributed by atoms with Gasteiger partial charge < -0.3 is 5.11 Å². The van der Waals surface area contributed by atoms with E-state index in [1.165, 1.54) is 42.4 Å². The maximum Gasteiger partial charge on any atom is 0.0608 e. The number of aliphatic hydroxyl groups is 1. The summed E-state index contributed by atoms with van der Waals surface area (Å²) < 4.78 is 0. The van der Waals surface area contributed by atoms with Crippen LogP contribution in [-0.4, -0.2) is 11.2 Å². The minimum Gasteiger partial charge on any atom is -0.392 e. The SMILES string of the molecule is Cc1ccc(C)c(CC(O)C2CCCC(C)C2)c1. The molecule has 1 heteroatoms. The van der Waals surface area contributed by atoms with Crippen LogP contribution in [0.2, 0.25) is 0 Å². The maximum atomic E-state index is 10.5. The predicted molar refractivity (Wildman–Crippen MR) is 76.7 cm³/mol. The highest BCUT2D eigenvalue weighted by molar-refractivity contribution is 5.31. The molecule has 0 aromatic heterocycles. The van der Waals surface area contributed by atoms with E-state index >= 15 is 0 Å². The summed E-state index contributed by atoms with van der Waals surface area (Å²) in [6.45, 7) is 6.58. The Morgan fingerprint density at radius 2 is 2.06 bits per heavy atom. The van der Waals surface area contributed by atoms with Crippen LogP contribution in [0.1, 0.15) is 49.3 Å². The molecule has 1 nitrogen and oxygen atoms in total. The molecule has 1 saturated carbocycles. The monoisotopic (exact) mass is 246 g/mol. The summed E-state index contributed by atoms with van der Waals surface area (Å²) in [5, 5.41) is 10.5. The van der Waals surface area contributed by atoms with Gasteiger partial charge in [-0.15, -0.1) is 0 Å². The molecule has 0 radical (unpaired) electrons. The van der Waals surface area contributed by atoms with Gasteiger partial charge in [0.2, 0.25) is 0 Å². The second-order valence-corrected chi connectivity index (χ2v) is 6.23. The second kappa shape index (κ2) is 5.88. The zero-order chi connectivity index (χ0) is 13.1. The number of rotatable bonds is 3. The van der Waals surface area contributed by atoms with Crippen LogP contribution in [0.15, 0.2) is 18.2 Å². The van der Waals surface area contributed by atoms with Crippen molar-refractivity contribution in [3.05, 3.63) is 34.9 Å². The molecule has 3 unspecified atom stereocenters. The number of aryl methyl sites for hydroxylation is 2. The van der Waals surface area contributed by atoms with E-state index in [2.05, 4.69) is 39.0 Å². The van der Waals surface area contributed by atoms with Gasteiger partial charge in [0.15, 0.2) is 0 Å². The molecule has 0 heterocycles. The Bertz CT molecular complexity index is 397. The van der Waals surface area contributed by atoms with Crippen LogP contribution in [0, 0.1) is 25.7 Å². The smallest absolute Gasteiger partial charge is 0.0608 e. The Morgan fingerprint density at radius 3 is 2.78 bits per heavy atom. The topological polar surface area (TPSA) is 20.2 Å². The van der Waals surface area contributed by atoms with E-state index in [9.17, 15) is 5.11 Å². The van der Waals surface area contributed by atoms with E-state index in [1.807, 2.05) is 0 Å². The average molecular weight is 246 g/mol. The van der Waals surface area contributed by atoms with Crippen LogP contribution in [-0.2, 0) is 6.42 Å². The highest BCUT2D eigenvalue weighted by atomic mass is 16.3. The summed E-state index contributed by atoms with van der Waals surface area (Å²) >= 11 is 0. The first-order valence-corrected chi connectivity index (χ1v) is 7.30. The van der Waals surface area contributed by atoms with E-state index in [0.717, 1.165) is 12.3 Å². The molecule has 0 bridgehead atoms. The molecule has 1 aromatic rings. The number of hydrogen-bond donors (Lipinski definition) is 1. The largest absolute Gasteiger partial charge is 0.392 e. The van der Waals surface area contributed by atoms with Crippen molar-refractivity contribution in [2.75, 3.05) is 0 Å². The zero-order valence-corrected chi connectivity index (χ0v) is 11.9. The Balaban J connectivity index is 2.01. The lowest BCUT2D eigenvalue weighted by Gasteiger charge is -2.30. The lowest BCUT2D eigenvalue weighted by Crippen LogP contribution is -2.27. The molecule has 0 aliphatic heterocycles. The number of benzene rings is 1. The van der Waals surface area contributed by atoms with Gasteiger partial charge in [0.05, 0.1) is 6.10 Å². The molecule has 18 heavy (non-hydrogen) atoms. The first-order chi connectivity index (χ1) is 8.56. The van der Waals surface area contributed by atoms with Gasteiger partial charge in [0.25, 0.3) is 0 Å². The van der Waals surface area contributed by atoms with Crippen LogP contribution in [0.3, 0.4) is 0 Å². The molecular weight excluding hydrogens is 220 g/mol. The average Bonchev–Trinajstić information content (AvgIpc) is 2.34. The molecule has 1 N–H and O–H groups in total. The second-order valence-electron chi connectivity index (χ2n) is 6.23. The molecule has 1 fully saturated rings. The molecule has 2 rings (SSSR count). The van der Waals surface area contributed by atoms with Crippen LogP contribution >= 0.6 is 0 Å². The highest BCUT2D eigenvalue weighted by Crippen LogP contribution is 2.32. The van der Waals surface area contributed by atoms with Crippen LogP contribution < -0.4 is 0 Å². The molecule has 3 atom stereocenters. The number of aliphatic hydroxyl groups excluding tert-OH is 1. The van der Waals surface area contributed by atoms with E-state index in [4.69, 9.17) is 0 Å². The van der Waals surface area contributed by atoms with Gasteiger partial charge in [-0.3, -0.25) is 0 Å². The molecule has 0 amide bonds. The van der Waals surface area contributed by atoms with Crippen molar-refractivity contribution < 1.29 is 5.11 Å². The summed E-state index contributed by atoms with van der Waals surface area (Å²) in [4.78, 5) is 0. The van der Waals surface area contributed by atoms with Gasteiger partial charge in [0.1, 0.15) is 0 Å². The normalized spacial score (nSPS) is 26.0. The standard InChI is InChI=1S/C17H26O/c1-12-5-4-6-15(9-12)17(18)11-16-10-13(2)7-8-14(16)3/h7-8,10,12,15,17-18H,4-6,9,11H2,1-3H3. The fraction of sp³-hybridized carbons (Fsp3) is 0.647. The van der Waals surface area contributed by atoms with Crippen LogP contribution in [0.5, 0.6) is 0 Å². The first kappa shape index (κ1) is 13.6.